The maximum absolute atomic E-state index is 12.4. The van der Waals surface area contributed by atoms with Gasteiger partial charge in [0.1, 0.15) is 0 Å². The first-order valence-corrected chi connectivity index (χ1v) is 19.0. The second kappa shape index (κ2) is 25.7. The van der Waals surface area contributed by atoms with Gasteiger partial charge in [0.25, 0.3) is 10.1 Å². The molecule has 0 saturated carbocycles. The Kier molecular flexibility index (Phi) is 25.6. The Bertz CT molecular complexity index is 708. The Hall–Kier alpha value is -0.220. The van der Waals surface area contributed by atoms with E-state index in [0.717, 1.165) is 31.9 Å². The van der Waals surface area contributed by atoms with Crippen molar-refractivity contribution in [3.05, 3.63) is 0 Å². The van der Waals surface area contributed by atoms with Crippen molar-refractivity contribution in [1.82, 2.24) is 0 Å². The molecule has 0 aromatic rings. The molecule has 0 aliphatic heterocycles. The van der Waals surface area contributed by atoms with Crippen molar-refractivity contribution in [3.8, 4) is 0 Å². The van der Waals surface area contributed by atoms with Crippen LogP contribution in [-0.4, -0.2) is 67.6 Å². The molecule has 38 heavy (non-hydrogen) atoms. The van der Waals surface area contributed by atoms with Gasteiger partial charge in [0.05, 0.1) is 37.1 Å². The molecular weight excluding hydrogens is 524 g/mol. The standard InChI is InChI=1S/C29H60O7S2/c1-4-5-6-7-8-9-10-11-12-13-14-15-16-17-18-21-24-35-27-29(34-2)28-38(32,33)26-23-20-19-22-25-36-37(3,30)31/h29H,4-28H2,1-3H3. The second-order valence-electron chi connectivity index (χ2n) is 10.8. The first-order valence-electron chi connectivity index (χ1n) is 15.4. The molecule has 0 saturated heterocycles. The maximum Gasteiger partial charge on any atom is 0.264 e. The summed E-state index contributed by atoms with van der Waals surface area (Å²) in [5.41, 5.74) is 0. The van der Waals surface area contributed by atoms with Crippen LogP contribution in [0.2, 0.25) is 0 Å². The zero-order valence-electron chi connectivity index (χ0n) is 24.9. The highest BCUT2D eigenvalue weighted by atomic mass is 32.2. The molecule has 7 nitrogen and oxygen atoms in total. The third-order valence-electron chi connectivity index (χ3n) is 6.87. The van der Waals surface area contributed by atoms with E-state index in [1.54, 1.807) is 0 Å². The van der Waals surface area contributed by atoms with Crippen LogP contribution < -0.4 is 0 Å². The minimum absolute atomic E-state index is 0.0281. The lowest BCUT2D eigenvalue weighted by molar-refractivity contribution is 0.0190. The van der Waals surface area contributed by atoms with Crippen molar-refractivity contribution in [2.75, 3.05) is 44.7 Å². The normalized spacial score (nSPS) is 13.2. The highest BCUT2D eigenvalue weighted by Crippen LogP contribution is 2.14. The van der Waals surface area contributed by atoms with Crippen molar-refractivity contribution in [1.29, 1.82) is 0 Å². The molecule has 0 aromatic heterocycles. The molecule has 0 aliphatic carbocycles. The third kappa shape index (κ3) is 28.8. The van der Waals surface area contributed by atoms with Gasteiger partial charge >= 0.3 is 0 Å². The van der Waals surface area contributed by atoms with Crippen LogP contribution in [0.3, 0.4) is 0 Å². The molecule has 9 heteroatoms. The molecule has 0 spiro atoms. The SMILES string of the molecule is CCCCCCCCCCCCCCCCCCOCC(CS(=O)(=O)CCCCCCOS(C)(=O)=O)OC. The Morgan fingerprint density at radius 1 is 0.579 bits per heavy atom. The van der Waals surface area contributed by atoms with E-state index in [4.69, 9.17) is 9.47 Å². The van der Waals surface area contributed by atoms with Crippen molar-refractivity contribution >= 4 is 20.0 Å². The fraction of sp³-hybridized carbons (Fsp3) is 1.00. The highest BCUT2D eigenvalue weighted by Gasteiger charge is 2.19. The zero-order valence-corrected chi connectivity index (χ0v) is 26.6. The molecular formula is C29H60O7S2. The minimum atomic E-state index is -3.40. The molecule has 0 fully saturated rings. The summed E-state index contributed by atoms with van der Waals surface area (Å²) in [6.07, 6.45) is 24.6. The molecule has 0 aliphatic rings. The molecule has 0 aromatic carbocycles. The Morgan fingerprint density at radius 2 is 1.00 bits per heavy atom. The zero-order chi connectivity index (χ0) is 28.4. The number of hydrogen-bond acceptors (Lipinski definition) is 7. The summed E-state index contributed by atoms with van der Waals surface area (Å²) in [6, 6.07) is 0. The topological polar surface area (TPSA) is 96.0 Å². The van der Waals surface area contributed by atoms with E-state index in [9.17, 15) is 16.8 Å². The quantitative estimate of drug-likeness (QED) is 0.0649. The first-order chi connectivity index (χ1) is 18.2. The van der Waals surface area contributed by atoms with E-state index < -0.39 is 26.1 Å². The predicted octanol–water partition coefficient (Wildman–Crippen LogP) is 7.23. The number of methoxy groups -OCH3 is 1. The van der Waals surface area contributed by atoms with Gasteiger partial charge in [0.15, 0.2) is 9.84 Å². The molecule has 0 bridgehead atoms. The number of sulfone groups is 1. The van der Waals surface area contributed by atoms with E-state index >= 15 is 0 Å². The molecule has 0 rings (SSSR count). The summed E-state index contributed by atoms with van der Waals surface area (Å²) in [6.45, 7) is 3.37. The average molecular weight is 585 g/mol. The van der Waals surface area contributed by atoms with E-state index in [1.807, 2.05) is 0 Å². The highest BCUT2D eigenvalue weighted by molar-refractivity contribution is 7.91. The first kappa shape index (κ1) is 37.8. The van der Waals surface area contributed by atoms with Crippen molar-refractivity contribution in [2.45, 2.75) is 141 Å². The largest absolute Gasteiger partial charge is 0.379 e. The van der Waals surface area contributed by atoms with Crippen LogP contribution in [0.25, 0.3) is 0 Å². The lowest BCUT2D eigenvalue weighted by atomic mass is 10.0. The molecule has 0 radical (unpaired) electrons. The summed E-state index contributed by atoms with van der Waals surface area (Å²) in [4.78, 5) is 0. The molecule has 1 atom stereocenters. The molecule has 1 unspecified atom stereocenters. The van der Waals surface area contributed by atoms with Crippen LogP contribution in [0.5, 0.6) is 0 Å². The predicted molar refractivity (Wildman–Crippen MR) is 159 cm³/mol. The van der Waals surface area contributed by atoms with Crippen LogP contribution >= 0.6 is 0 Å². The Morgan fingerprint density at radius 3 is 1.45 bits per heavy atom. The number of rotatable bonds is 30. The van der Waals surface area contributed by atoms with E-state index in [0.29, 0.717) is 26.1 Å². The summed E-state index contributed by atoms with van der Waals surface area (Å²) < 4.78 is 62.3. The van der Waals surface area contributed by atoms with Gasteiger partial charge in [-0.1, -0.05) is 116 Å². The summed E-state index contributed by atoms with van der Waals surface area (Å²) in [5, 5.41) is 0. The molecule has 230 valence electrons. The average Bonchev–Trinajstić information content (AvgIpc) is 2.86. The second-order valence-corrected chi connectivity index (χ2v) is 14.7. The molecule has 0 heterocycles. The maximum atomic E-state index is 12.4. The summed E-state index contributed by atoms with van der Waals surface area (Å²) in [5.74, 6) is 0.0819. The van der Waals surface area contributed by atoms with Crippen LogP contribution in [-0.2, 0) is 33.6 Å². The van der Waals surface area contributed by atoms with Gasteiger partial charge in [0, 0.05) is 13.7 Å². The Labute approximate surface area is 236 Å². The number of unbranched alkanes of at least 4 members (excludes halogenated alkanes) is 18. The van der Waals surface area contributed by atoms with Crippen molar-refractivity contribution in [2.24, 2.45) is 0 Å². The van der Waals surface area contributed by atoms with Crippen LogP contribution in [0.15, 0.2) is 0 Å². The Balaban J connectivity index is 3.55. The fourth-order valence-corrected chi connectivity index (χ4v) is 6.54. The summed E-state index contributed by atoms with van der Waals surface area (Å²) in [7, 11) is -5.09. The fourth-order valence-electron chi connectivity index (χ4n) is 4.51. The van der Waals surface area contributed by atoms with Gasteiger partial charge in [-0.2, -0.15) is 8.42 Å². The molecule has 0 amide bonds. The van der Waals surface area contributed by atoms with E-state index in [1.165, 1.54) is 97.0 Å². The van der Waals surface area contributed by atoms with Crippen LogP contribution in [0.4, 0.5) is 0 Å². The summed E-state index contributed by atoms with van der Waals surface area (Å²) >= 11 is 0. The lowest BCUT2D eigenvalue weighted by Crippen LogP contribution is -2.29. The van der Waals surface area contributed by atoms with Crippen molar-refractivity contribution < 1.29 is 30.5 Å². The van der Waals surface area contributed by atoms with Crippen LogP contribution in [0, 0.1) is 0 Å². The van der Waals surface area contributed by atoms with E-state index in [2.05, 4.69) is 11.1 Å². The number of hydrogen-bond donors (Lipinski definition) is 0. The van der Waals surface area contributed by atoms with Gasteiger partial charge in [-0.3, -0.25) is 4.18 Å². The van der Waals surface area contributed by atoms with E-state index in [-0.39, 0.29) is 18.1 Å². The van der Waals surface area contributed by atoms with Gasteiger partial charge in [-0.15, -0.1) is 0 Å². The van der Waals surface area contributed by atoms with Gasteiger partial charge < -0.3 is 9.47 Å². The van der Waals surface area contributed by atoms with Gasteiger partial charge in [-0.25, -0.2) is 8.42 Å². The molecule has 0 N–H and O–H groups in total. The third-order valence-corrected chi connectivity index (χ3v) is 9.25. The monoisotopic (exact) mass is 584 g/mol. The number of ether oxygens (including phenoxy) is 2. The van der Waals surface area contributed by atoms with Gasteiger partial charge in [-0.05, 0) is 19.3 Å². The van der Waals surface area contributed by atoms with Crippen molar-refractivity contribution in [3.63, 3.8) is 0 Å². The van der Waals surface area contributed by atoms with Gasteiger partial charge in [0.2, 0.25) is 0 Å². The smallest absolute Gasteiger partial charge is 0.264 e. The minimum Gasteiger partial charge on any atom is -0.379 e. The van der Waals surface area contributed by atoms with Crippen LogP contribution in [0.1, 0.15) is 135 Å². The lowest BCUT2D eigenvalue weighted by Gasteiger charge is -2.16.